The lowest BCUT2D eigenvalue weighted by Crippen LogP contribution is -2.29. The standard InChI is InChI=1S/C31H33N5O5S2/c1-4-32-23-12-10-21(33-27(38)19-37)16-24(23)34-31-36(18-20-8-6-5-7-9-20)29(39)28(43-31)30-35(2)25-17-22(41-15-14-40-3)11-13-26(25)42-30/h5-13,16-17,32,37H,4,14-15,18-19H2,1-3H3,(H,33,38)/b30-28-,34-31+. The maximum Gasteiger partial charge on any atom is 0.269 e. The number of aliphatic imine (C=N–C) groups is 1. The summed E-state index contributed by atoms with van der Waals surface area (Å²) in [6.07, 6.45) is 0. The molecular weight excluding hydrogens is 587 g/mol. The van der Waals surface area contributed by atoms with E-state index in [1.807, 2.05) is 73.5 Å². The molecule has 1 saturated heterocycles. The van der Waals surface area contributed by atoms with Crippen LogP contribution in [0.2, 0.25) is 0 Å². The molecule has 0 saturated carbocycles. The highest BCUT2D eigenvalue weighted by Crippen LogP contribution is 2.51. The first kappa shape index (κ1) is 30.5. The predicted molar refractivity (Wildman–Crippen MR) is 173 cm³/mol. The number of hydrogen-bond donors (Lipinski definition) is 3. The highest BCUT2D eigenvalue weighted by atomic mass is 32.2. The van der Waals surface area contributed by atoms with Gasteiger partial charge in [-0.15, -0.1) is 0 Å². The van der Waals surface area contributed by atoms with Crippen LogP contribution in [0.4, 0.5) is 22.7 Å². The summed E-state index contributed by atoms with van der Waals surface area (Å²) in [6, 6.07) is 21.0. The molecule has 2 amide bonds. The van der Waals surface area contributed by atoms with Gasteiger partial charge < -0.3 is 30.1 Å². The SMILES string of the molecule is CCNc1ccc(NC(=O)CO)cc1/N=C1/S/C(=C2\Sc3ccc(OCCOC)cc3N2C)C(=O)N1Cc1ccccc1. The van der Waals surface area contributed by atoms with E-state index in [4.69, 9.17) is 14.5 Å². The fourth-order valence-corrected chi connectivity index (χ4v) is 6.84. The monoisotopic (exact) mass is 619 g/mol. The fourth-order valence-electron chi connectivity index (χ4n) is 4.53. The molecule has 0 spiro atoms. The molecule has 224 valence electrons. The molecule has 2 aliphatic rings. The van der Waals surface area contributed by atoms with E-state index < -0.39 is 12.5 Å². The van der Waals surface area contributed by atoms with Gasteiger partial charge in [0.05, 0.1) is 35.2 Å². The zero-order chi connectivity index (χ0) is 30.3. The van der Waals surface area contributed by atoms with Crippen LogP contribution in [0.5, 0.6) is 5.75 Å². The number of thioether (sulfide) groups is 2. The highest BCUT2D eigenvalue weighted by Gasteiger charge is 2.39. The summed E-state index contributed by atoms with van der Waals surface area (Å²) in [6.45, 7) is 3.30. The van der Waals surface area contributed by atoms with E-state index in [2.05, 4.69) is 10.6 Å². The summed E-state index contributed by atoms with van der Waals surface area (Å²) in [7, 11) is 3.58. The first-order valence-corrected chi connectivity index (χ1v) is 15.4. The second kappa shape index (κ2) is 14.0. The number of nitrogens with zero attached hydrogens (tertiary/aromatic N) is 3. The van der Waals surface area contributed by atoms with Gasteiger partial charge in [-0.3, -0.25) is 14.5 Å². The lowest BCUT2D eigenvalue weighted by atomic mass is 10.2. The molecule has 0 radical (unpaired) electrons. The number of amides is 2. The van der Waals surface area contributed by atoms with Gasteiger partial charge in [0, 0.05) is 37.4 Å². The normalized spacial score (nSPS) is 17.0. The Hall–Kier alpha value is -3.97. The minimum atomic E-state index is -0.626. The van der Waals surface area contributed by atoms with Gasteiger partial charge in [-0.25, -0.2) is 4.99 Å². The van der Waals surface area contributed by atoms with Crippen LogP contribution >= 0.6 is 23.5 Å². The van der Waals surface area contributed by atoms with Crippen LogP contribution in [0.1, 0.15) is 12.5 Å². The third kappa shape index (κ3) is 6.99. The van der Waals surface area contributed by atoms with E-state index in [1.165, 1.54) is 11.8 Å². The molecule has 3 aromatic rings. The van der Waals surface area contributed by atoms with Crippen molar-refractivity contribution in [3.05, 3.63) is 82.2 Å². The Morgan fingerprint density at radius 2 is 1.86 bits per heavy atom. The molecule has 0 atom stereocenters. The molecule has 2 aliphatic heterocycles. The topological polar surface area (TPSA) is 116 Å². The molecule has 3 N–H and O–H groups in total. The maximum atomic E-state index is 14.1. The number of carbonyl (C=O) groups excluding carboxylic acids is 2. The van der Waals surface area contributed by atoms with Gasteiger partial charge in [-0.2, -0.15) is 0 Å². The van der Waals surface area contributed by atoms with Crippen molar-refractivity contribution in [2.75, 3.05) is 56.1 Å². The quantitative estimate of drug-likeness (QED) is 0.196. The van der Waals surface area contributed by atoms with Crippen molar-refractivity contribution in [2.24, 2.45) is 4.99 Å². The second-order valence-electron chi connectivity index (χ2n) is 9.61. The van der Waals surface area contributed by atoms with E-state index >= 15 is 0 Å². The minimum absolute atomic E-state index is 0.138. The van der Waals surface area contributed by atoms with Crippen LogP contribution < -0.4 is 20.3 Å². The third-order valence-corrected chi connectivity index (χ3v) is 9.04. The summed E-state index contributed by atoms with van der Waals surface area (Å²) in [4.78, 5) is 36.2. The molecule has 5 rings (SSSR count). The average Bonchev–Trinajstić information content (AvgIpc) is 3.50. The Balaban J connectivity index is 1.52. The van der Waals surface area contributed by atoms with E-state index in [0.29, 0.717) is 47.8 Å². The van der Waals surface area contributed by atoms with Gasteiger partial charge >= 0.3 is 0 Å². The zero-order valence-corrected chi connectivity index (χ0v) is 25.8. The maximum absolute atomic E-state index is 14.1. The van der Waals surface area contributed by atoms with E-state index in [9.17, 15) is 14.7 Å². The third-order valence-electron chi connectivity index (χ3n) is 6.61. The summed E-state index contributed by atoms with van der Waals surface area (Å²) in [5, 5.41) is 16.5. The number of nitrogens with one attached hydrogen (secondary N) is 2. The number of amidine groups is 1. The molecule has 3 aromatic carbocycles. The number of aliphatic hydroxyl groups is 1. The summed E-state index contributed by atoms with van der Waals surface area (Å²) >= 11 is 2.87. The summed E-state index contributed by atoms with van der Waals surface area (Å²) in [5.74, 6) is 0.0733. The van der Waals surface area contributed by atoms with E-state index in [-0.39, 0.29) is 5.91 Å². The van der Waals surface area contributed by atoms with Gasteiger partial charge in [0.1, 0.15) is 23.9 Å². The number of fused-ring (bicyclic) bond motifs is 1. The molecule has 43 heavy (non-hydrogen) atoms. The Bertz CT molecular complexity index is 1560. The zero-order valence-electron chi connectivity index (χ0n) is 24.1. The lowest BCUT2D eigenvalue weighted by molar-refractivity contribution is -0.122. The number of anilines is 3. The van der Waals surface area contributed by atoms with E-state index in [1.54, 1.807) is 35.9 Å². The van der Waals surface area contributed by atoms with Crippen LogP contribution in [-0.2, 0) is 20.9 Å². The van der Waals surface area contributed by atoms with Crippen molar-refractivity contribution < 1.29 is 24.2 Å². The molecule has 2 heterocycles. The van der Waals surface area contributed by atoms with Gasteiger partial charge in [-0.1, -0.05) is 42.1 Å². The van der Waals surface area contributed by atoms with Crippen molar-refractivity contribution in [1.82, 2.24) is 4.90 Å². The highest BCUT2D eigenvalue weighted by molar-refractivity contribution is 8.19. The minimum Gasteiger partial charge on any atom is -0.491 e. The van der Waals surface area contributed by atoms with Crippen LogP contribution in [0.25, 0.3) is 0 Å². The molecule has 0 bridgehead atoms. The van der Waals surface area contributed by atoms with Crippen molar-refractivity contribution in [3.8, 4) is 5.75 Å². The number of rotatable bonds is 11. The van der Waals surface area contributed by atoms with Crippen molar-refractivity contribution in [3.63, 3.8) is 0 Å². The van der Waals surface area contributed by atoms with Crippen molar-refractivity contribution >= 4 is 63.3 Å². The second-order valence-corrected chi connectivity index (χ2v) is 11.6. The average molecular weight is 620 g/mol. The molecule has 0 aliphatic carbocycles. The van der Waals surface area contributed by atoms with E-state index in [0.717, 1.165) is 32.6 Å². The molecule has 1 fully saturated rings. The molecule has 10 nitrogen and oxygen atoms in total. The van der Waals surface area contributed by atoms with Gasteiger partial charge in [0.2, 0.25) is 5.91 Å². The molecule has 0 unspecified atom stereocenters. The van der Waals surface area contributed by atoms with Crippen molar-refractivity contribution in [1.29, 1.82) is 0 Å². The molecular formula is C31H33N5O5S2. The van der Waals surface area contributed by atoms with Crippen LogP contribution in [0.15, 0.2) is 86.6 Å². The summed E-state index contributed by atoms with van der Waals surface area (Å²) in [5.41, 5.74) is 3.74. The van der Waals surface area contributed by atoms with Crippen LogP contribution in [-0.4, -0.2) is 67.5 Å². The number of benzene rings is 3. The lowest BCUT2D eigenvalue weighted by Gasteiger charge is -2.17. The Morgan fingerprint density at radius 3 is 2.60 bits per heavy atom. The number of ether oxygens (including phenoxy) is 2. The number of methoxy groups -OCH3 is 1. The largest absolute Gasteiger partial charge is 0.491 e. The Kier molecular flexibility index (Phi) is 9.93. The van der Waals surface area contributed by atoms with Gasteiger partial charge in [0.15, 0.2) is 5.17 Å². The number of hydrogen-bond acceptors (Lipinski definition) is 10. The smallest absolute Gasteiger partial charge is 0.269 e. The van der Waals surface area contributed by atoms with Gasteiger partial charge in [0.25, 0.3) is 5.91 Å². The fraction of sp³-hybridized carbons (Fsp3) is 0.258. The van der Waals surface area contributed by atoms with Crippen molar-refractivity contribution in [2.45, 2.75) is 18.4 Å². The first-order valence-electron chi connectivity index (χ1n) is 13.7. The Labute approximate surface area is 259 Å². The predicted octanol–water partition coefficient (Wildman–Crippen LogP) is 5.25. The van der Waals surface area contributed by atoms with Crippen LogP contribution in [0, 0.1) is 0 Å². The summed E-state index contributed by atoms with van der Waals surface area (Å²) < 4.78 is 10.9. The number of carbonyl (C=O) groups is 2. The molecule has 12 heteroatoms. The first-order chi connectivity index (χ1) is 20.9. The van der Waals surface area contributed by atoms with Gasteiger partial charge in [-0.05, 0) is 54.6 Å². The van der Waals surface area contributed by atoms with Crippen LogP contribution in [0.3, 0.4) is 0 Å². The number of aliphatic hydroxyl groups excluding tert-OH is 1. The molecule has 0 aromatic heterocycles. The Morgan fingerprint density at radius 1 is 1.05 bits per heavy atom.